The van der Waals surface area contributed by atoms with Crippen LogP contribution in [0, 0.1) is 0 Å². The number of benzene rings is 1. The van der Waals surface area contributed by atoms with Crippen LogP contribution in [-0.2, 0) is 0 Å². The molecule has 1 atom stereocenters. The number of likely N-dealkylation sites (tertiary alicyclic amines) is 1. The van der Waals surface area contributed by atoms with Crippen LogP contribution in [0.25, 0.3) is 11.0 Å². The van der Waals surface area contributed by atoms with Crippen molar-refractivity contribution in [1.82, 2.24) is 23.8 Å². The maximum absolute atomic E-state index is 12.7. The standard InChI is InChI=1S/C16H15N5O3S/c1-23-14-4-5-15(18-17-14)24-11-6-7-21(9-11)16(22)10-2-3-12-13(8-10)20-25-19-12/h2-5,8,11H,6-7,9H2,1H3. The van der Waals surface area contributed by atoms with Gasteiger partial charge >= 0.3 is 0 Å². The monoisotopic (exact) mass is 357 g/mol. The molecule has 1 aliphatic heterocycles. The molecular weight excluding hydrogens is 342 g/mol. The van der Waals surface area contributed by atoms with Crippen LogP contribution in [0.1, 0.15) is 16.8 Å². The normalized spacial score (nSPS) is 17.0. The fourth-order valence-electron chi connectivity index (χ4n) is 2.76. The highest BCUT2D eigenvalue weighted by Crippen LogP contribution is 2.21. The number of methoxy groups -OCH3 is 1. The van der Waals surface area contributed by atoms with E-state index >= 15 is 0 Å². The Kier molecular flexibility index (Phi) is 4.14. The number of ether oxygens (including phenoxy) is 2. The number of nitrogens with zero attached hydrogens (tertiary/aromatic N) is 5. The van der Waals surface area contributed by atoms with Gasteiger partial charge in [-0.1, -0.05) is 0 Å². The maximum Gasteiger partial charge on any atom is 0.254 e. The number of amides is 1. The Labute approximate surface area is 147 Å². The van der Waals surface area contributed by atoms with Gasteiger partial charge in [-0.25, -0.2) is 0 Å². The van der Waals surface area contributed by atoms with Crippen LogP contribution in [0.4, 0.5) is 0 Å². The number of aromatic nitrogens is 4. The molecule has 1 aromatic carbocycles. The molecule has 0 saturated carbocycles. The van der Waals surface area contributed by atoms with Crippen molar-refractivity contribution in [3.05, 3.63) is 35.9 Å². The minimum atomic E-state index is -0.101. The van der Waals surface area contributed by atoms with Crippen LogP contribution in [0.3, 0.4) is 0 Å². The summed E-state index contributed by atoms with van der Waals surface area (Å²) in [6.45, 7) is 1.15. The molecule has 128 valence electrons. The largest absolute Gasteiger partial charge is 0.480 e. The summed E-state index contributed by atoms with van der Waals surface area (Å²) in [4.78, 5) is 14.5. The molecule has 0 bridgehead atoms. The first-order chi connectivity index (χ1) is 12.2. The number of carbonyl (C=O) groups is 1. The summed E-state index contributed by atoms with van der Waals surface area (Å²) in [5, 5.41) is 7.83. The van der Waals surface area contributed by atoms with E-state index in [4.69, 9.17) is 9.47 Å². The summed E-state index contributed by atoms with van der Waals surface area (Å²) < 4.78 is 19.1. The molecule has 4 rings (SSSR count). The molecule has 0 aliphatic carbocycles. The molecule has 1 amide bonds. The zero-order valence-corrected chi connectivity index (χ0v) is 14.3. The van der Waals surface area contributed by atoms with Crippen molar-refractivity contribution in [2.75, 3.05) is 20.2 Å². The van der Waals surface area contributed by atoms with Gasteiger partial charge < -0.3 is 14.4 Å². The van der Waals surface area contributed by atoms with Crippen LogP contribution in [0.5, 0.6) is 11.8 Å². The Morgan fingerprint density at radius 1 is 1.16 bits per heavy atom. The lowest BCUT2D eigenvalue weighted by Crippen LogP contribution is -2.31. The topological polar surface area (TPSA) is 90.3 Å². The number of hydrogen-bond acceptors (Lipinski definition) is 8. The molecule has 1 unspecified atom stereocenters. The molecule has 0 radical (unpaired) electrons. The summed E-state index contributed by atoms with van der Waals surface area (Å²) in [6, 6.07) is 8.79. The average Bonchev–Trinajstić information content (AvgIpc) is 3.30. The Balaban J connectivity index is 1.41. The third-order valence-corrected chi connectivity index (χ3v) is 4.60. The van der Waals surface area contributed by atoms with Gasteiger partial charge in [-0.05, 0) is 18.2 Å². The van der Waals surface area contributed by atoms with E-state index < -0.39 is 0 Å². The fourth-order valence-corrected chi connectivity index (χ4v) is 3.27. The van der Waals surface area contributed by atoms with Gasteiger partial charge in [0.05, 0.1) is 25.4 Å². The molecule has 9 heteroatoms. The van der Waals surface area contributed by atoms with E-state index in [9.17, 15) is 4.79 Å². The lowest BCUT2D eigenvalue weighted by Gasteiger charge is -2.17. The fraction of sp³-hybridized carbons (Fsp3) is 0.312. The van der Waals surface area contributed by atoms with Gasteiger partial charge in [-0.3, -0.25) is 4.79 Å². The first-order valence-electron chi connectivity index (χ1n) is 7.79. The van der Waals surface area contributed by atoms with E-state index in [1.807, 2.05) is 6.07 Å². The molecule has 0 spiro atoms. The SMILES string of the molecule is COc1ccc(OC2CCN(C(=O)c3ccc4nsnc4c3)C2)nn1. The van der Waals surface area contributed by atoms with E-state index in [1.54, 1.807) is 29.2 Å². The average molecular weight is 357 g/mol. The summed E-state index contributed by atoms with van der Waals surface area (Å²) >= 11 is 1.14. The summed E-state index contributed by atoms with van der Waals surface area (Å²) in [6.07, 6.45) is 0.649. The number of fused-ring (bicyclic) bond motifs is 1. The van der Waals surface area contributed by atoms with Gasteiger partial charge in [0.15, 0.2) is 0 Å². The Morgan fingerprint density at radius 3 is 2.76 bits per heavy atom. The molecular formula is C16H15N5O3S. The van der Waals surface area contributed by atoms with E-state index in [2.05, 4.69) is 18.9 Å². The van der Waals surface area contributed by atoms with E-state index in [-0.39, 0.29) is 12.0 Å². The molecule has 3 heterocycles. The second-order valence-corrected chi connectivity index (χ2v) is 6.19. The number of hydrogen-bond donors (Lipinski definition) is 0. The second kappa shape index (κ2) is 6.60. The van der Waals surface area contributed by atoms with Gasteiger partial charge in [0, 0.05) is 30.7 Å². The van der Waals surface area contributed by atoms with Crippen LogP contribution in [0.15, 0.2) is 30.3 Å². The van der Waals surface area contributed by atoms with Crippen molar-refractivity contribution in [2.45, 2.75) is 12.5 Å². The van der Waals surface area contributed by atoms with Gasteiger partial charge in [0.2, 0.25) is 11.8 Å². The first kappa shape index (κ1) is 15.7. The second-order valence-electron chi connectivity index (χ2n) is 5.66. The highest BCUT2D eigenvalue weighted by Gasteiger charge is 2.28. The van der Waals surface area contributed by atoms with Crippen molar-refractivity contribution in [3.63, 3.8) is 0 Å². The quantitative estimate of drug-likeness (QED) is 0.703. The first-order valence-corrected chi connectivity index (χ1v) is 8.52. The van der Waals surface area contributed by atoms with Gasteiger partial charge in [0.1, 0.15) is 17.1 Å². The highest BCUT2D eigenvalue weighted by atomic mass is 32.1. The summed E-state index contributed by atoms with van der Waals surface area (Å²) in [5.74, 6) is 0.833. The van der Waals surface area contributed by atoms with Crippen LogP contribution < -0.4 is 9.47 Å². The minimum Gasteiger partial charge on any atom is -0.480 e. The third kappa shape index (κ3) is 3.22. The number of carbonyl (C=O) groups excluding carboxylic acids is 1. The molecule has 8 nitrogen and oxygen atoms in total. The lowest BCUT2D eigenvalue weighted by molar-refractivity contribution is 0.0771. The zero-order chi connectivity index (χ0) is 17.2. The summed E-state index contributed by atoms with van der Waals surface area (Å²) in [7, 11) is 1.53. The Morgan fingerprint density at radius 2 is 1.96 bits per heavy atom. The van der Waals surface area contributed by atoms with Crippen molar-refractivity contribution in [2.24, 2.45) is 0 Å². The van der Waals surface area contributed by atoms with Crippen molar-refractivity contribution >= 4 is 28.7 Å². The highest BCUT2D eigenvalue weighted by molar-refractivity contribution is 7.00. The minimum absolute atomic E-state index is 0.0261. The maximum atomic E-state index is 12.7. The van der Waals surface area contributed by atoms with Crippen molar-refractivity contribution in [3.8, 4) is 11.8 Å². The molecule has 3 aromatic rings. The van der Waals surface area contributed by atoms with Crippen molar-refractivity contribution in [1.29, 1.82) is 0 Å². The number of rotatable bonds is 4. The zero-order valence-electron chi connectivity index (χ0n) is 13.5. The molecule has 1 aliphatic rings. The molecule has 1 saturated heterocycles. The van der Waals surface area contributed by atoms with E-state index in [1.165, 1.54) is 7.11 Å². The van der Waals surface area contributed by atoms with Crippen LogP contribution in [-0.4, -0.2) is 56.1 Å². The smallest absolute Gasteiger partial charge is 0.254 e. The Bertz CT molecular complexity index is 898. The van der Waals surface area contributed by atoms with E-state index in [0.717, 1.165) is 29.2 Å². The predicted octanol–water partition coefficient (Wildman–Crippen LogP) is 1.78. The van der Waals surface area contributed by atoms with E-state index in [0.29, 0.717) is 30.4 Å². The predicted molar refractivity (Wildman–Crippen MR) is 90.9 cm³/mol. The van der Waals surface area contributed by atoms with Gasteiger partial charge in [-0.2, -0.15) is 8.75 Å². The molecule has 2 aromatic heterocycles. The van der Waals surface area contributed by atoms with Gasteiger partial charge in [0.25, 0.3) is 5.91 Å². The molecule has 0 N–H and O–H groups in total. The molecule has 25 heavy (non-hydrogen) atoms. The molecule has 1 fully saturated rings. The third-order valence-electron chi connectivity index (χ3n) is 4.05. The summed E-state index contributed by atoms with van der Waals surface area (Å²) in [5.41, 5.74) is 2.17. The lowest BCUT2D eigenvalue weighted by atomic mass is 10.2. The van der Waals surface area contributed by atoms with Crippen molar-refractivity contribution < 1.29 is 14.3 Å². The van der Waals surface area contributed by atoms with Crippen LogP contribution in [0.2, 0.25) is 0 Å². The van der Waals surface area contributed by atoms with Crippen LogP contribution >= 0.6 is 11.7 Å². The van der Waals surface area contributed by atoms with Gasteiger partial charge in [-0.15, -0.1) is 10.2 Å². The Hall–Kier alpha value is -2.81.